The van der Waals surface area contributed by atoms with E-state index in [0.29, 0.717) is 40.1 Å². The lowest BCUT2D eigenvalue weighted by Gasteiger charge is -2.17. The van der Waals surface area contributed by atoms with Crippen LogP contribution in [0.15, 0.2) is 122 Å². The summed E-state index contributed by atoms with van der Waals surface area (Å²) in [4.78, 5) is 26.1. The maximum absolute atomic E-state index is 6.04. The molecule has 7 heterocycles. The van der Waals surface area contributed by atoms with E-state index in [0.717, 1.165) is 71.8 Å². The van der Waals surface area contributed by atoms with Crippen LogP contribution in [-0.2, 0) is 7.05 Å². The Hall–Kier alpha value is -7.78. The van der Waals surface area contributed by atoms with Gasteiger partial charge in [-0.05, 0) is 70.6 Å². The van der Waals surface area contributed by atoms with E-state index in [4.69, 9.17) is 14.6 Å². The average Bonchev–Trinajstić information content (AvgIpc) is 4.12. The highest BCUT2D eigenvalue weighted by atomic mass is 32.1. The van der Waals surface area contributed by atoms with Gasteiger partial charge in [0.25, 0.3) is 0 Å². The summed E-state index contributed by atoms with van der Waals surface area (Å²) in [5.74, 6) is 2.53. The van der Waals surface area contributed by atoms with Gasteiger partial charge in [-0.25, -0.2) is 19.9 Å². The maximum atomic E-state index is 6.04. The van der Waals surface area contributed by atoms with E-state index in [1.807, 2.05) is 74.2 Å². The van der Waals surface area contributed by atoms with Crippen LogP contribution in [0.2, 0.25) is 0 Å². The van der Waals surface area contributed by atoms with E-state index < -0.39 is 0 Å². The lowest BCUT2D eigenvalue weighted by atomic mass is 9.96. The number of hydrogen-bond acceptors (Lipinski definition) is 11. The summed E-state index contributed by atoms with van der Waals surface area (Å²) in [7, 11) is 5.20. The molecule has 5 N–H and O–H groups in total. The van der Waals surface area contributed by atoms with Crippen molar-refractivity contribution in [3.05, 3.63) is 122 Å². The highest BCUT2D eigenvalue weighted by Crippen LogP contribution is 2.43. The molecule has 58 heavy (non-hydrogen) atoms. The van der Waals surface area contributed by atoms with Crippen LogP contribution >= 0.6 is 11.3 Å². The summed E-state index contributed by atoms with van der Waals surface area (Å²) >= 11 is 1.68. The van der Waals surface area contributed by atoms with Crippen molar-refractivity contribution in [2.24, 2.45) is 7.05 Å². The fourth-order valence-electron chi connectivity index (χ4n) is 7.26. The zero-order chi connectivity index (χ0) is 39.2. The molecule has 284 valence electrons. The van der Waals surface area contributed by atoms with Gasteiger partial charge in [-0.2, -0.15) is 10.2 Å². The van der Waals surface area contributed by atoms with Gasteiger partial charge < -0.3 is 30.1 Å². The molecule has 0 saturated carbocycles. The van der Waals surface area contributed by atoms with Crippen molar-refractivity contribution in [1.29, 1.82) is 0 Å². The summed E-state index contributed by atoms with van der Waals surface area (Å²) in [6, 6.07) is 28.5. The number of benzene rings is 3. The first-order valence-electron chi connectivity index (χ1n) is 18.3. The molecule has 0 aliphatic rings. The van der Waals surface area contributed by atoms with Crippen molar-refractivity contribution >= 4 is 56.4 Å². The number of H-pyrrole nitrogens is 3. The standard InChI is InChI=1S/C43H34N12O2S/c1-55-14-13-30(54-55)28-20-44-40-38(28)42(48-22-46-40)51-34-17-26(24-8-5-4-6-9-24)27(18-36(34)57-3)31-19-32(53-52-31)29-21-45-41-39(29)43(49-23-47-41)50-33-16-25(11-12-35(33)56-2)37-10-7-15-58-37/h4-23H,1-3H3,(H,52,53)(H2,44,46,48,51)(H2,45,47,49,50). The third-order valence-corrected chi connectivity index (χ3v) is 10.9. The maximum Gasteiger partial charge on any atom is 0.144 e. The summed E-state index contributed by atoms with van der Waals surface area (Å²) in [6.07, 6.45) is 8.78. The second kappa shape index (κ2) is 14.4. The molecule has 0 radical (unpaired) electrons. The first kappa shape index (κ1) is 34.7. The van der Waals surface area contributed by atoms with Gasteiger partial charge in [0.05, 0.1) is 53.4 Å². The Kier molecular flexibility index (Phi) is 8.60. The average molecular weight is 783 g/mol. The lowest BCUT2D eigenvalue weighted by Crippen LogP contribution is -2.00. The number of methoxy groups -OCH3 is 2. The second-order valence-corrected chi connectivity index (χ2v) is 14.4. The van der Waals surface area contributed by atoms with Crippen LogP contribution in [0, 0.1) is 0 Å². The number of rotatable bonds is 11. The molecule has 3 aromatic carbocycles. The topological polar surface area (TPSA) is 172 Å². The van der Waals surface area contributed by atoms with Gasteiger partial charge in [0.15, 0.2) is 0 Å². The normalized spacial score (nSPS) is 11.4. The largest absolute Gasteiger partial charge is 0.495 e. The highest BCUT2D eigenvalue weighted by Gasteiger charge is 2.22. The zero-order valence-electron chi connectivity index (χ0n) is 31.4. The Morgan fingerprint density at radius 3 is 2.00 bits per heavy atom. The number of ether oxygens (including phenoxy) is 2. The molecular weight excluding hydrogens is 749 g/mol. The molecule has 15 heteroatoms. The molecular formula is C43H34N12O2S. The Bertz CT molecular complexity index is 3070. The minimum absolute atomic E-state index is 0.609. The van der Waals surface area contributed by atoms with Gasteiger partial charge in [0, 0.05) is 47.2 Å². The number of hydrogen-bond donors (Lipinski definition) is 5. The predicted molar refractivity (Wildman–Crippen MR) is 228 cm³/mol. The van der Waals surface area contributed by atoms with Crippen LogP contribution in [0.25, 0.3) is 77.4 Å². The van der Waals surface area contributed by atoms with E-state index in [-0.39, 0.29) is 0 Å². The summed E-state index contributed by atoms with van der Waals surface area (Å²) in [5.41, 5.74) is 10.8. The van der Waals surface area contributed by atoms with Crippen molar-refractivity contribution in [3.63, 3.8) is 0 Å². The van der Waals surface area contributed by atoms with E-state index in [1.54, 1.807) is 30.2 Å². The third kappa shape index (κ3) is 6.15. The van der Waals surface area contributed by atoms with Crippen molar-refractivity contribution in [2.75, 3.05) is 24.9 Å². The van der Waals surface area contributed by atoms with Crippen LogP contribution in [0.3, 0.4) is 0 Å². The fraction of sp³-hybridized carbons (Fsp3) is 0.0698. The van der Waals surface area contributed by atoms with Crippen LogP contribution in [0.1, 0.15) is 0 Å². The van der Waals surface area contributed by atoms with E-state index in [2.05, 4.69) is 92.5 Å². The molecule has 0 aliphatic carbocycles. The molecule has 10 rings (SSSR count). The molecule has 0 amide bonds. The Balaban J connectivity index is 1.05. The van der Waals surface area contributed by atoms with E-state index >= 15 is 0 Å². The molecule has 0 unspecified atom stereocenters. The minimum Gasteiger partial charge on any atom is -0.495 e. The van der Waals surface area contributed by atoms with Gasteiger partial charge in [-0.1, -0.05) is 36.4 Å². The Labute approximate surface area is 335 Å². The molecule has 0 saturated heterocycles. The van der Waals surface area contributed by atoms with Crippen LogP contribution in [0.4, 0.5) is 23.0 Å². The van der Waals surface area contributed by atoms with Crippen molar-refractivity contribution < 1.29 is 9.47 Å². The van der Waals surface area contributed by atoms with Crippen molar-refractivity contribution in [2.45, 2.75) is 0 Å². The van der Waals surface area contributed by atoms with Gasteiger partial charge >= 0.3 is 0 Å². The first-order chi connectivity index (χ1) is 28.5. The number of thiophene rings is 1. The summed E-state index contributed by atoms with van der Waals surface area (Å²) < 4.78 is 13.6. The Morgan fingerprint density at radius 1 is 0.638 bits per heavy atom. The molecule has 7 aromatic heterocycles. The molecule has 10 aromatic rings. The van der Waals surface area contributed by atoms with Gasteiger partial charge in [-0.3, -0.25) is 9.78 Å². The van der Waals surface area contributed by atoms with Crippen LogP contribution in [0.5, 0.6) is 11.5 Å². The smallest absolute Gasteiger partial charge is 0.144 e. The number of nitrogens with zero attached hydrogens (tertiary/aromatic N) is 7. The quantitative estimate of drug-likeness (QED) is 0.0851. The number of fused-ring (bicyclic) bond motifs is 2. The number of aromatic nitrogens is 10. The number of aryl methyl sites for hydroxylation is 1. The zero-order valence-corrected chi connectivity index (χ0v) is 32.2. The van der Waals surface area contributed by atoms with Crippen LogP contribution < -0.4 is 20.1 Å². The number of nitrogens with one attached hydrogen (secondary N) is 5. The first-order valence-corrected chi connectivity index (χ1v) is 19.2. The number of anilines is 4. The van der Waals surface area contributed by atoms with Gasteiger partial charge in [-0.15, -0.1) is 11.3 Å². The lowest BCUT2D eigenvalue weighted by molar-refractivity contribution is 0.417. The van der Waals surface area contributed by atoms with Gasteiger partial charge in [0.1, 0.15) is 47.1 Å². The van der Waals surface area contributed by atoms with E-state index in [9.17, 15) is 0 Å². The summed E-state index contributed by atoms with van der Waals surface area (Å²) in [5, 5.41) is 23.5. The molecule has 0 aliphatic heterocycles. The van der Waals surface area contributed by atoms with E-state index in [1.165, 1.54) is 12.7 Å². The molecule has 14 nitrogen and oxygen atoms in total. The van der Waals surface area contributed by atoms with Gasteiger partial charge in [0.2, 0.25) is 0 Å². The Morgan fingerprint density at radius 2 is 1.34 bits per heavy atom. The monoisotopic (exact) mass is 782 g/mol. The highest BCUT2D eigenvalue weighted by molar-refractivity contribution is 7.13. The fourth-order valence-corrected chi connectivity index (χ4v) is 7.98. The molecule has 0 spiro atoms. The SMILES string of the molecule is COc1ccc(-c2cccs2)cc1Nc1ncnc2[nH]cc(-c3cc(-c4cc(OC)c(Nc5ncnc6[nH]cc(-c7ccn(C)n7)c56)cc4-c4ccccc4)[nH]n3)c12. The molecule has 0 fully saturated rings. The van der Waals surface area contributed by atoms with Crippen LogP contribution in [-0.4, -0.2) is 64.1 Å². The van der Waals surface area contributed by atoms with Crippen molar-refractivity contribution in [3.8, 4) is 66.8 Å². The molecule has 0 bridgehead atoms. The van der Waals surface area contributed by atoms with Crippen molar-refractivity contribution in [1.82, 2.24) is 49.9 Å². The predicted octanol–water partition coefficient (Wildman–Crippen LogP) is 9.59. The number of aromatic amines is 3. The third-order valence-electron chi connectivity index (χ3n) is 10.0. The second-order valence-electron chi connectivity index (χ2n) is 13.4. The summed E-state index contributed by atoms with van der Waals surface area (Å²) in [6.45, 7) is 0. The molecule has 0 atom stereocenters. The minimum atomic E-state index is 0.609.